The van der Waals surface area contributed by atoms with Crippen molar-refractivity contribution in [2.75, 3.05) is 19.6 Å². The van der Waals surface area contributed by atoms with E-state index in [1.54, 1.807) is 0 Å². The molecule has 22 heavy (non-hydrogen) atoms. The van der Waals surface area contributed by atoms with Gasteiger partial charge in [-0.2, -0.15) is 5.10 Å². The van der Waals surface area contributed by atoms with Crippen LogP contribution in [0.1, 0.15) is 24.8 Å². The van der Waals surface area contributed by atoms with Gasteiger partial charge in [-0.25, -0.2) is 5.43 Å². The number of halogens is 1. The number of nitrogens with zero attached hydrogens (tertiary/aromatic N) is 3. The van der Waals surface area contributed by atoms with E-state index in [1.165, 1.54) is 30.8 Å². The Morgan fingerprint density at radius 1 is 1.41 bits per heavy atom. The van der Waals surface area contributed by atoms with Crippen molar-refractivity contribution in [1.82, 2.24) is 10.3 Å². The third-order valence-electron chi connectivity index (χ3n) is 3.40. The van der Waals surface area contributed by atoms with E-state index in [-0.39, 0.29) is 11.6 Å². The van der Waals surface area contributed by atoms with Crippen LogP contribution in [0.15, 0.2) is 23.3 Å². The van der Waals surface area contributed by atoms with Crippen molar-refractivity contribution in [2.45, 2.75) is 19.3 Å². The maximum Gasteiger partial charge on any atom is 0.270 e. The number of carbonyl (C=O) groups is 1. The first kappa shape index (κ1) is 16.4. The van der Waals surface area contributed by atoms with Crippen LogP contribution in [0, 0.1) is 10.1 Å². The normalized spacial score (nSPS) is 15.9. The quantitative estimate of drug-likeness (QED) is 0.511. The van der Waals surface area contributed by atoms with Crippen molar-refractivity contribution in [3.05, 3.63) is 38.9 Å². The topological polar surface area (TPSA) is 87.8 Å². The number of rotatable bonds is 5. The Morgan fingerprint density at radius 3 is 2.82 bits per heavy atom. The number of benzene rings is 1. The Labute approximate surface area is 133 Å². The van der Waals surface area contributed by atoms with Crippen molar-refractivity contribution >= 4 is 29.4 Å². The van der Waals surface area contributed by atoms with Gasteiger partial charge >= 0.3 is 0 Å². The van der Waals surface area contributed by atoms with Crippen LogP contribution in [0.25, 0.3) is 0 Å². The first-order valence-electron chi connectivity index (χ1n) is 7.04. The average Bonchev–Trinajstić information content (AvgIpc) is 2.50. The van der Waals surface area contributed by atoms with Gasteiger partial charge in [0, 0.05) is 22.7 Å². The second kappa shape index (κ2) is 7.86. The van der Waals surface area contributed by atoms with Crippen LogP contribution in [-0.4, -0.2) is 41.6 Å². The van der Waals surface area contributed by atoms with Gasteiger partial charge in [-0.05, 0) is 32.0 Å². The summed E-state index contributed by atoms with van der Waals surface area (Å²) < 4.78 is 0. The summed E-state index contributed by atoms with van der Waals surface area (Å²) in [6.07, 6.45) is 4.74. The molecule has 1 aliphatic heterocycles. The summed E-state index contributed by atoms with van der Waals surface area (Å²) in [6.45, 7) is 2.15. The molecule has 2 rings (SSSR count). The van der Waals surface area contributed by atoms with Crippen LogP contribution >= 0.6 is 11.6 Å². The monoisotopic (exact) mass is 324 g/mol. The third kappa shape index (κ3) is 4.78. The molecular weight excluding hydrogens is 308 g/mol. The molecule has 0 radical (unpaired) electrons. The molecule has 1 N–H and O–H groups in total. The molecule has 1 amide bonds. The fourth-order valence-electron chi connectivity index (χ4n) is 2.27. The van der Waals surface area contributed by atoms with E-state index >= 15 is 0 Å². The Hall–Kier alpha value is -1.99. The van der Waals surface area contributed by atoms with Crippen LogP contribution < -0.4 is 5.43 Å². The van der Waals surface area contributed by atoms with Gasteiger partial charge < -0.3 is 0 Å². The molecule has 8 heteroatoms. The highest BCUT2D eigenvalue weighted by Crippen LogP contribution is 2.20. The molecule has 0 atom stereocenters. The van der Waals surface area contributed by atoms with E-state index in [1.807, 2.05) is 0 Å². The number of hydrogen-bond donors (Lipinski definition) is 1. The molecule has 1 aliphatic rings. The zero-order valence-electron chi connectivity index (χ0n) is 12.0. The SMILES string of the molecule is O=C(CN1CCCCC1)N/N=C\c1cc([N+](=O)[O-])ccc1Cl. The second-order valence-corrected chi connectivity index (χ2v) is 5.50. The van der Waals surface area contributed by atoms with Crippen LogP contribution in [0.5, 0.6) is 0 Å². The van der Waals surface area contributed by atoms with Crippen LogP contribution in [-0.2, 0) is 4.79 Å². The minimum atomic E-state index is -0.511. The number of likely N-dealkylation sites (tertiary alicyclic amines) is 1. The van der Waals surface area contributed by atoms with Gasteiger partial charge in [0.1, 0.15) is 0 Å². The summed E-state index contributed by atoms with van der Waals surface area (Å²) in [5, 5.41) is 14.9. The molecule has 1 saturated heterocycles. The molecule has 1 aromatic rings. The predicted molar refractivity (Wildman–Crippen MR) is 84.1 cm³/mol. The fraction of sp³-hybridized carbons (Fsp3) is 0.429. The van der Waals surface area contributed by atoms with E-state index in [0.29, 0.717) is 17.1 Å². The number of nitro groups is 1. The first-order valence-corrected chi connectivity index (χ1v) is 7.42. The third-order valence-corrected chi connectivity index (χ3v) is 3.74. The molecule has 1 fully saturated rings. The molecule has 7 nitrogen and oxygen atoms in total. The molecule has 1 heterocycles. The van der Waals surface area contributed by atoms with Crippen molar-refractivity contribution in [3.8, 4) is 0 Å². The zero-order chi connectivity index (χ0) is 15.9. The molecule has 0 bridgehead atoms. The number of hydrogen-bond acceptors (Lipinski definition) is 5. The number of amides is 1. The highest BCUT2D eigenvalue weighted by molar-refractivity contribution is 6.33. The highest BCUT2D eigenvalue weighted by Gasteiger charge is 2.13. The van der Waals surface area contributed by atoms with Crippen LogP contribution in [0.4, 0.5) is 5.69 Å². The lowest BCUT2D eigenvalue weighted by atomic mass is 10.1. The Balaban J connectivity index is 1.90. The summed E-state index contributed by atoms with van der Waals surface area (Å²) in [4.78, 5) is 24.0. The standard InChI is InChI=1S/C14H17ClN4O3/c15-13-5-4-12(19(21)22)8-11(13)9-16-17-14(20)10-18-6-2-1-3-7-18/h4-5,8-9H,1-3,6-7,10H2,(H,17,20)/b16-9-. The molecule has 118 valence electrons. The van der Waals surface area contributed by atoms with Gasteiger partial charge in [-0.3, -0.25) is 19.8 Å². The van der Waals surface area contributed by atoms with Gasteiger partial charge in [0.05, 0.1) is 17.7 Å². The van der Waals surface area contributed by atoms with E-state index in [9.17, 15) is 14.9 Å². The van der Waals surface area contributed by atoms with E-state index in [2.05, 4.69) is 15.4 Å². The summed E-state index contributed by atoms with van der Waals surface area (Å²) in [5.74, 6) is -0.209. The summed E-state index contributed by atoms with van der Waals surface area (Å²) in [6, 6.07) is 4.05. The lowest BCUT2D eigenvalue weighted by molar-refractivity contribution is -0.384. The minimum Gasteiger partial charge on any atom is -0.294 e. The minimum absolute atomic E-state index is 0.0782. The number of hydrazone groups is 1. The Bertz CT molecular complexity index is 585. The van der Waals surface area contributed by atoms with Gasteiger partial charge in [0.25, 0.3) is 11.6 Å². The van der Waals surface area contributed by atoms with Crippen molar-refractivity contribution in [1.29, 1.82) is 0 Å². The number of carbonyl (C=O) groups excluding carboxylic acids is 1. The largest absolute Gasteiger partial charge is 0.294 e. The smallest absolute Gasteiger partial charge is 0.270 e. The molecule has 0 saturated carbocycles. The molecule has 0 spiro atoms. The van der Waals surface area contributed by atoms with Gasteiger partial charge in [-0.1, -0.05) is 18.0 Å². The van der Waals surface area contributed by atoms with Gasteiger partial charge in [0.15, 0.2) is 0 Å². The predicted octanol–water partition coefficient (Wildman–Crippen LogP) is 2.18. The van der Waals surface area contributed by atoms with E-state index < -0.39 is 4.92 Å². The lowest BCUT2D eigenvalue weighted by Crippen LogP contribution is -2.38. The number of non-ortho nitro benzene ring substituents is 1. The lowest BCUT2D eigenvalue weighted by Gasteiger charge is -2.25. The maximum atomic E-state index is 11.8. The van der Waals surface area contributed by atoms with Crippen molar-refractivity contribution in [2.24, 2.45) is 5.10 Å². The Kier molecular flexibility index (Phi) is 5.85. The molecule has 0 aliphatic carbocycles. The van der Waals surface area contributed by atoms with E-state index in [0.717, 1.165) is 25.9 Å². The number of nitro benzene ring substituents is 1. The van der Waals surface area contributed by atoms with E-state index in [4.69, 9.17) is 11.6 Å². The fourth-order valence-corrected chi connectivity index (χ4v) is 2.44. The number of nitrogens with one attached hydrogen (secondary N) is 1. The number of piperidine rings is 1. The van der Waals surface area contributed by atoms with Gasteiger partial charge in [0.2, 0.25) is 0 Å². The zero-order valence-corrected chi connectivity index (χ0v) is 12.8. The van der Waals surface area contributed by atoms with Crippen molar-refractivity contribution < 1.29 is 9.72 Å². The second-order valence-electron chi connectivity index (χ2n) is 5.09. The van der Waals surface area contributed by atoms with Crippen LogP contribution in [0.3, 0.4) is 0 Å². The highest BCUT2D eigenvalue weighted by atomic mass is 35.5. The van der Waals surface area contributed by atoms with Crippen LogP contribution in [0.2, 0.25) is 5.02 Å². The Morgan fingerprint density at radius 2 is 2.14 bits per heavy atom. The maximum absolute atomic E-state index is 11.8. The van der Waals surface area contributed by atoms with Gasteiger partial charge in [-0.15, -0.1) is 0 Å². The molecular formula is C14H17ClN4O3. The molecule has 0 unspecified atom stereocenters. The first-order chi connectivity index (χ1) is 10.6. The van der Waals surface area contributed by atoms with Crippen molar-refractivity contribution in [3.63, 3.8) is 0 Å². The summed E-state index contributed by atoms with van der Waals surface area (Å²) in [7, 11) is 0. The molecule has 1 aromatic carbocycles. The molecule has 0 aromatic heterocycles. The summed E-state index contributed by atoms with van der Waals surface area (Å²) >= 11 is 5.94. The average molecular weight is 325 g/mol. The summed E-state index contributed by atoms with van der Waals surface area (Å²) in [5.41, 5.74) is 2.72.